The normalized spacial score (nSPS) is 20.0. The maximum atomic E-state index is 12.3. The first-order chi connectivity index (χ1) is 12.7. The van der Waals surface area contributed by atoms with E-state index in [0.717, 1.165) is 25.3 Å². The first-order valence-corrected chi connectivity index (χ1v) is 9.68. The predicted octanol–water partition coefficient (Wildman–Crippen LogP) is 2.13. The molecule has 0 saturated carbocycles. The average molecular weight is 377 g/mol. The Kier molecular flexibility index (Phi) is 6.51. The average Bonchev–Trinajstić information content (AvgIpc) is 3.02. The molecule has 7 nitrogen and oxygen atoms in total. The maximum Gasteiger partial charge on any atom is 0.262 e. The number of carbonyl (C=O) groups is 2. The summed E-state index contributed by atoms with van der Waals surface area (Å²) in [6.07, 6.45) is 1.05. The van der Waals surface area contributed by atoms with Crippen molar-refractivity contribution in [3.8, 4) is 5.75 Å². The van der Waals surface area contributed by atoms with Gasteiger partial charge < -0.3 is 19.7 Å². The Balaban J connectivity index is 1.48. The molecular formula is C18H23N3O4S. The second-order valence-electron chi connectivity index (χ2n) is 6.06. The van der Waals surface area contributed by atoms with Crippen molar-refractivity contribution in [1.82, 2.24) is 4.90 Å². The van der Waals surface area contributed by atoms with Gasteiger partial charge in [-0.3, -0.25) is 9.59 Å². The largest absolute Gasteiger partial charge is 0.494 e. The van der Waals surface area contributed by atoms with Crippen LogP contribution in [0.15, 0.2) is 29.3 Å². The van der Waals surface area contributed by atoms with Gasteiger partial charge in [-0.25, -0.2) is 0 Å². The predicted molar refractivity (Wildman–Crippen MR) is 102 cm³/mol. The number of hydrogen-bond acceptors (Lipinski definition) is 6. The zero-order chi connectivity index (χ0) is 18.4. The number of amidine groups is 1. The summed E-state index contributed by atoms with van der Waals surface area (Å²) in [6.45, 7) is 5.44. The third-order valence-corrected chi connectivity index (χ3v) is 5.21. The van der Waals surface area contributed by atoms with Crippen molar-refractivity contribution in [3.05, 3.63) is 24.3 Å². The molecule has 26 heavy (non-hydrogen) atoms. The maximum absolute atomic E-state index is 12.3. The number of hydrogen-bond donors (Lipinski definition) is 1. The third kappa shape index (κ3) is 4.98. The highest BCUT2D eigenvalue weighted by atomic mass is 32.2. The molecule has 1 aromatic carbocycles. The fourth-order valence-electron chi connectivity index (χ4n) is 2.63. The Morgan fingerprint density at radius 3 is 2.77 bits per heavy atom. The first kappa shape index (κ1) is 18.7. The van der Waals surface area contributed by atoms with Crippen molar-refractivity contribution in [1.29, 1.82) is 0 Å². The van der Waals surface area contributed by atoms with Gasteiger partial charge in [0.1, 0.15) is 11.0 Å². The number of carbonyl (C=O) groups excluding carboxylic acids is 2. The summed E-state index contributed by atoms with van der Waals surface area (Å²) < 4.78 is 10.8. The molecule has 1 atom stereocenters. The van der Waals surface area contributed by atoms with Crippen LogP contribution in [0, 0.1) is 0 Å². The van der Waals surface area contributed by atoms with Crippen LogP contribution in [0.2, 0.25) is 0 Å². The van der Waals surface area contributed by atoms with Gasteiger partial charge in [0.05, 0.1) is 19.8 Å². The SMILES string of the molecule is CCCOc1ccc(NC(=O)C[C@@H]2SC(N3CCOCC3)=NC2=O)cc1. The minimum atomic E-state index is -0.458. The molecule has 0 unspecified atom stereocenters. The van der Waals surface area contributed by atoms with Gasteiger partial charge in [0.15, 0.2) is 5.17 Å². The summed E-state index contributed by atoms with van der Waals surface area (Å²) in [4.78, 5) is 30.5. The number of nitrogens with one attached hydrogen (secondary N) is 1. The molecule has 3 rings (SSSR count). The van der Waals surface area contributed by atoms with Crippen molar-refractivity contribution < 1.29 is 19.1 Å². The van der Waals surface area contributed by atoms with Crippen LogP contribution in [-0.4, -0.2) is 60.0 Å². The van der Waals surface area contributed by atoms with Gasteiger partial charge in [-0.2, -0.15) is 4.99 Å². The summed E-state index contributed by atoms with van der Waals surface area (Å²) in [5.74, 6) is 0.335. The van der Waals surface area contributed by atoms with Crippen molar-refractivity contribution >= 4 is 34.4 Å². The van der Waals surface area contributed by atoms with Gasteiger partial charge in [-0.05, 0) is 30.7 Å². The Morgan fingerprint density at radius 2 is 2.08 bits per heavy atom. The molecule has 0 aliphatic carbocycles. The quantitative estimate of drug-likeness (QED) is 0.818. The summed E-state index contributed by atoms with van der Waals surface area (Å²) >= 11 is 1.37. The Morgan fingerprint density at radius 1 is 1.35 bits per heavy atom. The Bertz CT molecular complexity index is 672. The van der Waals surface area contributed by atoms with E-state index < -0.39 is 5.25 Å². The lowest BCUT2D eigenvalue weighted by Crippen LogP contribution is -2.39. The number of anilines is 1. The second kappa shape index (κ2) is 9.05. The van der Waals surface area contributed by atoms with E-state index in [1.807, 2.05) is 24.0 Å². The van der Waals surface area contributed by atoms with Crippen molar-refractivity contribution in [3.63, 3.8) is 0 Å². The number of amides is 2. The van der Waals surface area contributed by atoms with Gasteiger partial charge in [0, 0.05) is 25.2 Å². The lowest BCUT2D eigenvalue weighted by molar-refractivity contribution is -0.121. The number of morpholine rings is 1. The van der Waals surface area contributed by atoms with E-state index in [0.29, 0.717) is 30.7 Å². The minimum absolute atomic E-state index is 0.106. The van der Waals surface area contributed by atoms with Gasteiger partial charge >= 0.3 is 0 Å². The zero-order valence-electron chi connectivity index (χ0n) is 14.8. The number of benzene rings is 1. The van der Waals surface area contributed by atoms with Crippen LogP contribution in [0.25, 0.3) is 0 Å². The van der Waals surface area contributed by atoms with Gasteiger partial charge in [0.2, 0.25) is 5.91 Å². The summed E-state index contributed by atoms with van der Waals surface area (Å²) in [6, 6.07) is 7.23. The monoisotopic (exact) mass is 377 g/mol. The molecule has 2 amide bonds. The lowest BCUT2D eigenvalue weighted by atomic mass is 10.2. The third-order valence-electron chi connectivity index (χ3n) is 3.99. The zero-order valence-corrected chi connectivity index (χ0v) is 15.6. The van der Waals surface area contributed by atoms with Gasteiger partial charge in [0.25, 0.3) is 5.91 Å². The number of nitrogens with zero attached hydrogens (tertiary/aromatic N) is 2. The molecule has 8 heteroatoms. The molecule has 140 valence electrons. The summed E-state index contributed by atoms with van der Waals surface area (Å²) in [7, 11) is 0. The molecule has 0 radical (unpaired) electrons. The molecule has 2 heterocycles. The van der Waals surface area contributed by atoms with Crippen LogP contribution < -0.4 is 10.1 Å². The van der Waals surface area contributed by atoms with E-state index >= 15 is 0 Å². The van der Waals surface area contributed by atoms with E-state index in [1.165, 1.54) is 11.8 Å². The smallest absolute Gasteiger partial charge is 0.262 e. The summed E-state index contributed by atoms with van der Waals surface area (Å²) in [5, 5.41) is 3.07. The van der Waals surface area contributed by atoms with Crippen LogP contribution >= 0.6 is 11.8 Å². The summed E-state index contributed by atoms with van der Waals surface area (Å²) in [5.41, 5.74) is 0.684. The molecule has 1 fully saturated rings. The number of rotatable bonds is 6. The van der Waals surface area contributed by atoms with Crippen molar-refractivity contribution in [2.24, 2.45) is 4.99 Å². The molecule has 1 aromatic rings. The highest BCUT2D eigenvalue weighted by molar-refractivity contribution is 8.15. The fraction of sp³-hybridized carbons (Fsp3) is 0.500. The molecular weight excluding hydrogens is 354 g/mol. The standard InChI is InChI=1S/C18H23N3O4S/c1-2-9-25-14-5-3-13(4-6-14)19-16(22)12-15-17(23)20-18(26-15)21-7-10-24-11-8-21/h3-6,15H,2,7-12H2,1H3,(H,19,22)/t15-/m0/s1. The van der Waals surface area contributed by atoms with Crippen molar-refractivity contribution in [2.45, 2.75) is 25.0 Å². The highest BCUT2D eigenvalue weighted by Crippen LogP contribution is 2.28. The Hall–Kier alpha value is -2.06. The van der Waals surface area contributed by atoms with E-state index in [4.69, 9.17) is 9.47 Å². The van der Waals surface area contributed by atoms with Crippen molar-refractivity contribution in [2.75, 3.05) is 38.2 Å². The van der Waals surface area contributed by atoms with E-state index in [1.54, 1.807) is 12.1 Å². The Labute approximate surface area is 157 Å². The molecule has 0 aromatic heterocycles. The van der Waals surface area contributed by atoms with E-state index in [2.05, 4.69) is 10.3 Å². The molecule has 1 saturated heterocycles. The molecule has 2 aliphatic rings. The number of thioether (sulfide) groups is 1. The lowest BCUT2D eigenvalue weighted by Gasteiger charge is -2.27. The topological polar surface area (TPSA) is 80.2 Å². The van der Waals surface area contributed by atoms with Gasteiger partial charge in [-0.15, -0.1) is 0 Å². The number of aliphatic imine (C=N–C) groups is 1. The van der Waals surface area contributed by atoms with Crippen LogP contribution in [0.1, 0.15) is 19.8 Å². The van der Waals surface area contributed by atoms with Crippen LogP contribution in [0.5, 0.6) is 5.75 Å². The van der Waals surface area contributed by atoms with Crippen LogP contribution in [0.3, 0.4) is 0 Å². The van der Waals surface area contributed by atoms with E-state index in [-0.39, 0.29) is 18.2 Å². The van der Waals surface area contributed by atoms with Gasteiger partial charge in [-0.1, -0.05) is 18.7 Å². The fourth-order valence-corrected chi connectivity index (χ4v) is 3.75. The van der Waals surface area contributed by atoms with E-state index in [9.17, 15) is 9.59 Å². The molecule has 0 spiro atoms. The molecule has 0 bridgehead atoms. The molecule has 1 N–H and O–H groups in total. The van der Waals surface area contributed by atoms with Crippen LogP contribution in [-0.2, 0) is 14.3 Å². The second-order valence-corrected chi connectivity index (χ2v) is 7.23. The molecule has 2 aliphatic heterocycles. The highest BCUT2D eigenvalue weighted by Gasteiger charge is 2.33. The number of ether oxygens (including phenoxy) is 2. The minimum Gasteiger partial charge on any atom is -0.494 e. The first-order valence-electron chi connectivity index (χ1n) is 8.80. The van der Waals surface area contributed by atoms with Crippen LogP contribution in [0.4, 0.5) is 5.69 Å².